The molecule has 0 N–H and O–H groups in total. The minimum Gasteiger partial charge on any atom is -0.352 e. The van der Waals surface area contributed by atoms with Gasteiger partial charge in [0.25, 0.3) is 0 Å². The highest BCUT2D eigenvalue weighted by molar-refractivity contribution is 5.49. The zero-order chi connectivity index (χ0) is 18.0. The lowest BCUT2D eigenvalue weighted by molar-refractivity contribution is 0.677. The highest BCUT2D eigenvalue weighted by Crippen LogP contribution is 2.20. The van der Waals surface area contributed by atoms with E-state index in [9.17, 15) is 0 Å². The van der Waals surface area contributed by atoms with Crippen LogP contribution in [0, 0.1) is 6.92 Å². The van der Waals surface area contributed by atoms with Gasteiger partial charge >= 0.3 is 0 Å². The van der Waals surface area contributed by atoms with Crippen molar-refractivity contribution >= 4 is 11.8 Å². The van der Waals surface area contributed by atoms with Crippen LogP contribution in [0.2, 0.25) is 0 Å². The second-order valence-corrected chi connectivity index (χ2v) is 5.99. The van der Waals surface area contributed by atoms with Gasteiger partial charge in [0.2, 0.25) is 5.95 Å². The van der Waals surface area contributed by atoms with Crippen molar-refractivity contribution in [3.05, 3.63) is 36.1 Å². The van der Waals surface area contributed by atoms with Gasteiger partial charge in [0, 0.05) is 40.0 Å². The van der Waals surface area contributed by atoms with Crippen molar-refractivity contribution in [3.63, 3.8) is 0 Å². The number of rotatable bonds is 6. The van der Waals surface area contributed by atoms with Gasteiger partial charge in [0.15, 0.2) is 0 Å². The molecule has 0 bridgehead atoms. The Hall–Kier alpha value is -3.04. The number of aromatic nitrogens is 8. The molecule has 10 nitrogen and oxygen atoms in total. The van der Waals surface area contributed by atoms with Crippen molar-refractivity contribution in [2.75, 3.05) is 23.9 Å². The molecule has 10 heteroatoms. The fourth-order valence-corrected chi connectivity index (χ4v) is 2.49. The summed E-state index contributed by atoms with van der Waals surface area (Å²) in [7, 11) is 7.66. The number of hydrogen-bond acceptors (Lipinski definition) is 8. The molecule has 0 atom stereocenters. The lowest BCUT2D eigenvalue weighted by Gasteiger charge is -2.22. The molecule has 0 saturated heterocycles. The molecule has 0 unspecified atom stereocenters. The molecule has 0 fully saturated rings. The molecule has 0 aliphatic carbocycles. The average molecular weight is 342 g/mol. The van der Waals surface area contributed by atoms with Crippen LogP contribution in [0.3, 0.4) is 0 Å². The van der Waals surface area contributed by atoms with Crippen LogP contribution >= 0.6 is 0 Å². The topological polar surface area (TPSA) is 93.7 Å². The van der Waals surface area contributed by atoms with E-state index in [-0.39, 0.29) is 0 Å². The molecule has 3 aromatic heterocycles. The molecule has 0 aromatic carbocycles. The van der Waals surface area contributed by atoms with Crippen LogP contribution in [0.15, 0.2) is 18.9 Å². The van der Waals surface area contributed by atoms with Crippen molar-refractivity contribution in [3.8, 4) is 0 Å². The van der Waals surface area contributed by atoms with Gasteiger partial charge in [0.1, 0.15) is 30.1 Å². The normalized spacial score (nSPS) is 10.9. The largest absolute Gasteiger partial charge is 0.352 e. The van der Waals surface area contributed by atoms with Crippen molar-refractivity contribution in [2.45, 2.75) is 20.0 Å². The molecule has 0 amide bonds. The number of hydrogen-bond donors (Lipinski definition) is 0. The first kappa shape index (κ1) is 16.8. The highest BCUT2D eigenvalue weighted by atomic mass is 15.4. The van der Waals surface area contributed by atoms with Gasteiger partial charge < -0.3 is 9.80 Å². The van der Waals surface area contributed by atoms with Gasteiger partial charge in [0.05, 0.1) is 13.1 Å². The number of aryl methyl sites for hydroxylation is 3. The second-order valence-electron chi connectivity index (χ2n) is 5.99. The summed E-state index contributed by atoms with van der Waals surface area (Å²) in [4.78, 5) is 21.7. The van der Waals surface area contributed by atoms with E-state index in [0.717, 1.165) is 23.0 Å². The van der Waals surface area contributed by atoms with E-state index in [1.165, 1.54) is 0 Å². The summed E-state index contributed by atoms with van der Waals surface area (Å²) in [6, 6.07) is 0. The molecular formula is C15H22N10. The lowest BCUT2D eigenvalue weighted by Crippen LogP contribution is -2.25. The van der Waals surface area contributed by atoms with E-state index in [1.54, 1.807) is 22.0 Å². The first-order valence-corrected chi connectivity index (χ1v) is 7.87. The van der Waals surface area contributed by atoms with Crippen LogP contribution < -0.4 is 9.80 Å². The smallest absolute Gasteiger partial charge is 0.227 e. The van der Waals surface area contributed by atoms with Gasteiger partial charge in [-0.15, -0.1) is 0 Å². The van der Waals surface area contributed by atoms with Gasteiger partial charge in [-0.3, -0.25) is 9.36 Å². The van der Waals surface area contributed by atoms with E-state index < -0.39 is 0 Å². The molecule has 3 rings (SSSR count). The Morgan fingerprint density at radius 1 is 0.880 bits per heavy atom. The van der Waals surface area contributed by atoms with Crippen LogP contribution in [0.1, 0.15) is 17.2 Å². The molecule has 0 radical (unpaired) electrons. The Labute approximate surface area is 146 Å². The maximum absolute atomic E-state index is 4.72. The minimum atomic E-state index is 0.575. The van der Waals surface area contributed by atoms with Crippen molar-refractivity contribution in [1.82, 2.24) is 39.5 Å². The van der Waals surface area contributed by atoms with Crippen molar-refractivity contribution < 1.29 is 0 Å². The highest BCUT2D eigenvalue weighted by Gasteiger charge is 2.15. The zero-order valence-corrected chi connectivity index (χ0v) is 15.1. The van der Waals surface area contributed by atoms with Crippen LogP contribution in [0.5, 0.6) is 0 Å². The molecular weight excluding hydrogens is 320 g/mol. The summed E-state index contributed by atoms with van der Waals surface area (Å²) >= 11 is 0. The summed E-state index contributed by atoms with van der Waals surface area (Å²) in [6.07, 6.45) is 4.92. The third-order valence-electron chi connectivity index (χ3n) is 4.00. The maximum Gasteiger partial charge on any atom is 0.227 e. The van der Waals surface area contributed by atoms with Crippen LogP contribution in [0.25, 0.3) is 0 Å². The van der Waals surface area contributed by atoms with Crippen LogP contribution in [0.4, 0.5) is 11.8 Å². The molecule has 0 saturated carbocycles. The van der Waals surface area contributed by atoms with Crippen LogP contribution in [-0.2, 0) is 27.2 Å². The third-order valence-corrected chi connectivity index (χ3v) is 4.00. The molecule has 3 heterocycles. The van der Waals surface area contributed by atoms with Gasteiger partial charge in [-0.2, -0.15) is 15.2 Å². The Balaban J connectivity index is 1.80. The Morgan fingerprint density at radius 2 is 1.44 bits per heavy atom. The summed E-state index contributed by atoms with van der Waals surface area (Å²) in [5, 5.41) is 8.19. The summed E-state index contributed by atoms with van der Waals surface area (Å²) in [5.41, 5.74) is 1.00. The van der Waals surface area contributed by atoms with E-state index in [4.69, 9.17) is 4.98 Å². The predicted molar refractivity (Wildman–Crippen MR) is 93.0 cm³/mol. The summed E-state index contributed by atoms with van der Waals surface area (Å²) in [5.74, 6) is 3.21. The number of anilines is 2. The quantitative estimate of drug-likeness (QED) is 0.632. The van der Waals surface area contributed by atoms with Gasteiger partial charge in [-0.25, -0.2) is 15.0 Å². The molecule has 3 aromatic rings. The SMILES string of the molecule is Cc1cnc(N(C)Cc2ncnn2C)nc1N(C)Cc1ncnn1C. The monoisotopic (exact) mass is 342 g/mol. The molecule has 132 valence electrons. The molecule has 0 aliphatic rings. The van der Waals surface area contributed by atoms with Crippen LogP contribution in [-0.4, -0.2) is 53.6 Å². The minimum absolute atomic E-state index is 0.575. The zero-order valence-electron chi connectivity index (χ0n) is 15.1. The summed E-state index contributed by atoms with van der Waals surface area (Å²) in [6.45, 7) is 3.18. The van der Waals surface area contributed by atoms with Crippen molar-refractivity contribution in [2.24, 2.45) is 14.1 Å². The lowest BCUT2D eigenvalue weighted by atomic mass is 10.3. The fraction of sp³-hybridized carbons (Fsp3) is 0.467. The van der Waals surface area contributed by atoms with Gasteiger partial charge in [-0.05, 0) is 6.92 Å². The predicted octanol–water partition coefficient (Wildman–Crippen LogP) is 0.315. The first-order chi connectivity index (χ1) is 12.0. The Kier molecular flexibility index (Phi) is 4.59. The average Bonchev–Trinajstić information content (AvgIpc) is 3.17. The third kappa shape index (κ3) is 3.57. The molecule has 0 aliphatic heterocycles. The van der Waals surface area contributed by atoms with E-state index >= 15 is 0 Å². The molecule has 25 heavy (non-hydrogen) atoms. The van der Waals surface area contributed by atoms with E-state index in [1.807, 2.05) is 51.1 Å². The summed E-state index contributed by atoms with van der Waals surface area (Å²) < 4.78 is 3.50. The Morgan fingerprint density at radius 3 is 1.96 bits per heavy atom. The second kappa shape index (κ2) is 6.83. The van der Waals surface area contributed by atoms with E-state index in [2.05, 4.69) is 25.1 Å². The standard InChI is InChI=1S/C15H22N10/c1-11-6-16-15(23(3)8-13-18-10-20-25(13)5)21-14(11)22(2)7-12-17-9-19-24(12)4/h6,9-10H,7-8H2,1-5H3. The molecule has 0 spiro atoms. The van der Waals surface area contributed by atoms with Gasteiger partial charge in [-0.1, -0.05) is 0 Å². The number of nitrogens with zero attached hydrogens (tertiary/aromatic N) is 10. The van der Waals surface area contributed by atoms with Crippen molar-refractivity contribution in [1.29, 1.82) is 0 Å². The Bertz CT molecular complexity index is 852. The maximum atomic E-state index is 4.72. The van der Waals surface area contributed by atoms with E-state index in [0.29, 0.717) is 19.0 Å². The fourth-order valence-electron chi connectivity index (χ4n) is 2.49. The first-order valence-electron chi connectivity index (χ1n) is 7.87.